The van der Waals surface area contributed by atoms with Crippen molar-refractivity contribution in [1.29, 1.82) is 0 Å². The fourth-order valence-electron chi connectivity index (χ4n) is 3.73. The minimum absolute atomic E-state index is 0.0753. The highest BCUT2D eigenvalue weighted by Crippen LogP contribution is 2.20. The van der Waals surface area contributed by atoms with Gasteiger partial charge in [-0.3, -0.25) is 4.79 Å². The van der Waals surface area contributed by atoms with Crippen LogP contribution in [0.1, 0.15) is 44.6 Å². The highest BCUT2D eigenvalue weighted by molar-refractivity contribution is 5.76. The molecule has 2 aliphatic rings. The Morgan fingerprint density at radius 1 is 1.19 bits per heavy atom. The van der Waals surface area contributed by atoms with Crippen molar-refractivity contribution in [3.05, 3.63) is 23.9 Å². The summed E-state index contributed by atoms with van der Waals surface area (Å²) in [7, 11) is 0. The van der Waals surface area contributed by atoms with Gasteiger partial charge in [0.25, 0.3) is 0 Å². The second-order valence-electron chi connectivity index (χ2n) is 7.24. The van der Waals surface area contributed by atoms with Crippen molar-refractivity contribution >= 4 is 17.8 Å². The standard InChI is InChI=1S/C20H30N4O3/c1-2-27-19(25)17-7-12-24(13-8-17)20(26)22-15-16-6-9-21-18(14-16)23-10-4-3-5-11-23/h6,9,14,17H,2-5,7-8,10-13,15H2,1H3,(H,22,26). The average molecular weight is 374 g/mol. The second-order valence-corrected chi connectivity index (χ2v) is 7.24. The number of likely N-dealkylation sites (tertiary alicyclic amines) is 1. The van der Waals surface area contributed by atoms with Crippen molar-refractivity contribution in [1.82, 2.24) is 15.2 Å². The van der Waals surface area contributed by atoms with Crippen LogP contribution in [-0.4, -0.2) is 54.7 Å². The van der Waals surface area contributed by atoms with E-state index in [0.29, 0.717) is 39.1 Å². The van der Waals surface area contributed by atoms with Crippen LogP contribution in [0.3, 0.4) is 0 Å². The molecule has 2 fully saturated rings. The van der Waals surface area contributed by atoms with Crippen LogP contribution < -0.4 is 10.2 Å². The lowest BCUT2D eigenvalue weighted by atomic mass is 9.97. The van der Waals surface area contributed by atoms with Crippen LogP contribution in [0.2, 0.25) is 0 Å². The van der Waals surface area contributed by atoms with Crippen LogP contribution in [0.15, 0.2) is 18.3 Å². The van der Waals surface area contributed by atoms with Crippen molar-refractivity contribution in [3.63, 3.8) is 0 Å². The molecule has 0 aliphatic carbocycles. The van der Waals surface area contributed by atoms with Crippen LogP contribution in [0, 0.1) is 5.92 Å². The largest absolute Gasteiger partial charge is 0.466 e. The minimum atomic E-state index is -0.139. The van der Waals surface area contributed by atoms with Crippen molar-refractivity contribution in [2.24, 2.45) is 5.92 Å². The Morgan fingerprint density at radius 2 is 1.93 bits per heavy atom. The molecule has 0 saturated carbocycles. The molecule has 7 heteroatoms. The van der Waals surface area contributed by atoms with E-state index >= 15 is 0 Å². The summed E-state index contributed by atoms with van der Waals surface area (Å²) in [6.07, 6.45) is 6.87. The van der Waals surface area contributed by atoms with Gasteiger partial charge in [0.15, 0.2) is 0 Å². The summed E-state index contributed by atoms with van der Waals surface area (Å²) in [6.45, 7) is 5.99. The molecule has 0 radical (unpaired) electrons. The van der Waals surface area contributed by atoms with Gasteiger partial charge in [0, 0.05) is 38.9 Å². The Hall–Kier alpha value is -2.31. The number of hydrogen-bond acceptors (Lipinski definition) is 5. The van der Waals surface area contributed by atoms with E-state index in [9.17, 15) is 9.59 Å². The van der Waals surface area contributed by atoms with E-state index in [-0.39, 0.29) is 17.9 Å². The lowest BCUT2D eigenvalue weighted by Crippen LogP contribution is -2.45. The third-order valence-electron chi connectivity index (χ3n) is 5.34. The van der Waals surface area contributed by atoms with Gasteiger partial charge in [0.05, 0.1) is 12.5 Å². The van der Waals surface area contributed by atoms with Gasteiger partial charge in [-0.1, -0.05) is 0 Å². The number of urea groups is 1. The molecule has 2 aliphatic heterocycles. The lowest BCUT2D eigenvalue weighted by molar-refractivity contribution is -0.149. The van der Waals surface area contributed by atoms with Crippen LogP contribution in [0.4, 0.5) is 10.6 Å². The molecule has 0 aromatic carbocycles. The maximum atomic E-state index is 12.4. The number of rotatable bonds is 5. The average Bonchev–Trinajstić information content (AvgIpc) is 2.73. The molecule has 0 atom stereocenters. The fraction of sp³-hybridized carbons (Fsp3) is 0.650. The normalized spacial score (nSPS) is 18.3. The topological polar surface area (TPSA) is 74.8 Å². The fourth-order valence-corrected chi connectivity index (χ4v) is 3.73. The lowest BCUT2D eigenvalue weighted by Gasteiger charge is -2.31. The van der Waals surface area contributed by atoms with Crippen molar-refractivity contribution in [2.45, 2.75) is 45.6 Å². The van der Waals surface area contributed by atoms with Crippen LogP contribution in [0.5, 0.6) is 0 Å². The zero-order valence-corrected chi connectivity index (χ0v) is 16.2. The number of carbonyl (C=O) groups is 2. The summed E-state index contributed by atoms with van der Waals surface area (Å²) < 4.78 is 5.08. The van der Waals surface area contributed by atoms with Gasteiger partial charge in [0.1, 0.15) is 5.82 Å². The van der Waals surface area contributed by atoms with E-state index < -0.39 is 0 Å². The second kappa shape index (κ2) is 9.58. The highest BCUT2D eigenvalue weighted by atomic mass is 16.5. The van der Waals surface area contributed by atoms with Crippen LogP contribution in [-0.2, 0) is 16.1 Å². The number of ether oxygens (including phenoxy) is 1. The monoisotopic (exact) mass is 374 g/mol. The molecule has 0 bridgehead atoms. The zero-order chi connectivity index (χ0) is 19.1. The maximum absolute atomic E-state index is 12.4. The first-order valence-corrected chi connectivity index (χ1v) is 10.1. The number of carbonyl (C=O) groups excluding carboxylic acids is 2. The summed E-state index contributed by atoms with van der Waals surface area (Å²) in [5.41, 5.74) is 1.06. The summed E-state index contributed by atoms with van der Waals surface area (Å²) in [6, 6.07) is 3.94. The predicted octanol–water partition coefficient (Wildman–Crippen LogP) is 2.56. The molecule has 2 saturated heterocycles. The third kappa shape index (κ3) is 5.34. The summed E-state index contributed by atoms with van der Waals surface area (Å²) >= 11 is 0. The molecular weight excluding hydrogens is 344 g/mol. The molecule has 7 nitrogen and oxygen atoms in total. The Balaban J connectivity index is 1.46. The molecule has 0 spiro atoms. The molecule has 0 unspecified atom stereocenters. The van der Waals surface area contributed by atoms with Gasteiger partial charge >= 0.3 is 12.0 Å². The minimum Gasteiger partial charge on any atom is -0.466 e. The van der Waals surface area contributed by atoms with Gasteiger partial charge in [0.2, 0.25) is 0 Å². The van der Waals surface area contributed by atoms with Crippen LogP contribution in [0.25, 0.3) is 0 Å². The number of esters is 1. The quantitative estimate of drug-likeness (QED) is 0.802. The maximum Gasteiger partial charge on any atom is 0.317 e. The number of nitrogens with zero attached hydrogens (tertiary/aromatic N) is 3. The van der Waals surface area contributed by atoms with Crippen LogP contribution >= 0.6 is 0 Å². The predicted molar refractivity (Wildman–Crippen MR) is 103 cm³/mol. The Bertz CT molecular complexity index is 638. The summed E-state index contributed by atoms with van der Waals surface area (Å²) in [5, 5.41) is 2.99. The number of pyridine rings is 1. The van der Waals surface area contributed by atoms with Gasteiger partial charge in [-0.25, -0.2) is 9.78 Å². The van der Waals surface area contributed by atoms with E-state index in [1.165, 1.54) is 19.3 Å². The Labute approximate surface area is 161 Å². The SMILES string of the molecule is CCOC(=O)C1CCN(C(=O)NCc2ccnc(N3CCCCC3)c2)CC1. The molecule has 1 N–H and O–H groups in total. The van der Waals surface area contributed by atoms with Gasteiger partial charge in [-0.15, -0.1) is 0 Å². The first-order chi connectivity index (χ1) is 13.2. The van der Waals surface area contributed by atoms with Gasteiger partial charge < -0.3 is 19.9 Å². The molecule has 27 heavy (non-hydrogen) atoms. The number of piperidine rings is 2. The zero-order valence-electron chi connectivity index (χ0n) is 16.2. The van der Waals surface area contributed by atoms with Crippen molar-refractivity contribution < 1.29 is 14.3 Å². The van der Waals surface area contributed by atoms with E-state index in [2.05, 4.69) is 21.3 Å². The smallest absolute Gasteiger partial charge is 0.317 e. The molecular formula is C20H30N4O3. The van der Waals surface area contributed by atoms with E-state index in [1.54, 1.807) is 4.90 Å². The molecule has 1 aromatic heterocycles. The highest BCUT2D eigenvalue weighted by Gasteiger charge is 2.28. The molecule has 148 valence electrons. The Morgan fingerprint density at radius 3 is 2.63 bits per heavy atom. The van der Waals surface area contributed by atoms with Gasteiger partial charge in [-0.2, -0.15) is 0 Å². The molecule has 1 aromatic rings. The summed E-state index contributed by atoms with van der Waals surface area (Å²) in [5.74, 6) is 0.776. The number of anilines is 1. The molecule has 3 heterocycles. The van der Waals surface area contributed by atoms with E-state index in [1.807, 2.05) is 19.2 Å². The van der Waals surface area contributed by atoms with Gasteiger partial charge in [-0.05, 0) is 56.7 Å². The number of nitrogens with one attached hydrogen (secondary N) is 1. The molecule has 3 rings (SSSR count). The van der Waals surface area contributed by atoms with E-state index in [0.717, 1.165) is 24.5 Å². The Kier molecular flexibility index (Phi) is 6.90. The van der Waals surface area contributed by atoms with Crippen molar-refractivity contribution in [2.75, 3.05) is 37.7 Å². The molecule has 2 amide bonds. The summed E-state index contributed by atoms with van der Waals surface area (Å²) in [4.78, 5) is 32.8. The first kappa shape index (κ1) is 19.5. The first-order valence-electron chi connectivity index (χ1n) is 10.1. The number of amides is 2. The van der Waals surface area contributed by atoms with E-state index in [4.69, 9.17) is 4.74 Å². The number of aromatic nitrogens is 1. The van der Waals surface area contributed by atoms with Crippen molar-refractivity contribution in [3.8, 4) is 0 Å². The number of hydrogen-bond donors (Lipinski definition) is 1. The third-order valence-corrected chi connectivity index (χ3v) is 5.34.